The van der Waals surface area contributed by atoms with Gasteiger partial charge in [-0.3, -0.25) is 9.59 Å². The second-order valence-corrected chi connectivity index (χ2v) is 6.26. The molecule has 7 heteroatoms. The molecule has 2 amide bonds. The summed E-state index contributed by atoms with van der Waals surface area (Å²) in [5, 5.41) is 3.21. The van der Waals surface area contributed by atoms with Crippen molar-refractivity contribution in [3.8, 4) is 0 Å². The summed E-state index contributed by atoms with van der Waals surface area (Å²) in [6, 6.07) is 9.06. The van der Waals surface area contributed by atoms with E-state index in [1.54, 1.807) is 4.90 Å². The number of hydrogen-bond acceptors (Lipinski definition) is 3. The average Bonchev–Trinajstić information content (AvgIpc) is 3.01. The fourth-order valence-electron chi connectivity index (χ4n) is 2.54. The van der Waals surface area contributed by atoms with Gasteiger partial charge in [-0.15, -0.1) is 0 Å². The fraction of sp³-hybridized carbons (Fsp3) is 0.235. The number of nitrogens with one attached hydrogen (secondary N) is 1. The van der Waals surface area contributed by atoms with Crippen molar-refractivity contribution >= 4 is 40.7 Å². The first-order valence-corrected chi connectivity index (χ1v) is 8.29. The monoisotopic (exact) mass is 363 g/mol. The molecule has 0 saturated carbocycles. The second-order valence-electron chi connectivity index (χ2n) is 5.49. The molecular formula is C17H15Cl2N3O2. The van der Waals surface area contributed by atoms with Crippen molar-refractivity contribution in [2.24, 2.45) is 0 Å². The van der Waals surface area contributed by atoms with Gasteiger partial charge in [0, 0.05) is 31.4 Å². The molecule has 1 aromatic heterocycles. The molecule has 0 unspecified atom stereocenters. The number of aromatic nitrogens is 1. The first kappa shape index (κ1) is 16.7. The zero-order chi connectivity index (χ0) is 17.1. The molecule has 2 aromatic rings. The predicted molar refractivity (Wildman–Crippen MR) is 93.5 cm³/mol. The summed E-state index contributed by atoms with van der Waals surface area (Å²) in [4.78, 5) is 29.5. The molecule has 1 fully saturated rings. The normalized spacial score (nSPS) is 14.1. The fourth-order valence-corrected chi connectivity index (χ4v) is 2.81. The highest BCUT2D eigenvalue weighted by molar-refractivity contribution is 6.41. The van der Waals surface area contributed by atoms with Crippen molar-refractivity contribution in [2.75, 3.05) is 11.4 Å². The Kier molecular flexibility index (Phi) is 5.02. The van der Waals surface area contributed by atoms with Crippen LogP contribution in [0, 0.1) is 0 Å². The molecule has 1 aliphatic rings. The Morgan fingerprint density at radius 1 is 1.25 bits per heavy atom. The van der Waals surface area contributed by atoms with Gasteiger partial charge in [-0.2, -0.15) is 0 Å². The lowest BCUT2D eigenvalue weighted by atomic mass is 10.2. The highest BCUT2D eigenvalue weighted by Gasteiger charge is 2.21. The molecule has 124 valence electrons. The molecule has 24 heavy (non-hydrogen) atoms. The Bertz CT molecular complexity index is 778. The van der Waals surface area contributed by atoms with Gasteiger partial charge in [-0.05, 0) is 30.2 Å². The first-order valence-electron chi connectivity index (χ1n) is 7.53. The minimum atomic E-state index is -0.278. The Labute approximate surface area is 149 Å². The number of pyridine rings is 1. The molecule has 0 spiro atoms. The van der Waals surface area contributed by atoms with Gasteiger partial charge in [-0.25, -0.2) is 4.98 Å². The van der Waals surface area contributed by atoms with Crippen LogP contribution in [0.2, 0.25) is 10.2 Å². The Hall–Kier alpha value is -2.11. The van der Waals surface area contributed by atoms with Gasteiger partial charge in [0.05, 0.1) is 10.6 Å². The third-order valence-corrected chi connectivity index (χ3v) is 4.52. The zero-order valence-corrected chi connectivity index (χ0v) is 14.3. The van der Waals surface area contributed by atoms with Crippen LogP contribution in [0.25, 0.3) is 0 Å². The van der Waals surface area contributed by atoms with E-state index in [0.29, 0.717) is 18.5 Å². The lowest BCUT2D eigenvalue weighted by molar-refractivity contribution is -0.117. The molecule has 2 heterocycles. The zero-order valence-electron chi connectivity index (χ0n) is 12.8. The number of halogens is 2. The van der Waals surface area contributed by atoms with Gasteiger partial charge in [0.2, 0.25) is 5.91 Å². The molecule has 1 aromatic carbocycles. The van der Waals surface area contributed by atoms with Crippen molar-refractivity contribution in [1.82, 2.24) is 10.3 Å². The number of anilines is 1. The molecule has 1 saturated heterocycles. The maximum Gasteiger partial charge on any atom is 0.253 e. The second kappa shape index (κ2) is 7.20. The lowest BCUT2D eigenvalue weighted by Gasteiger charge is -2.16. The van der Waals surface area contributed by atoms with Crippen LogP contribution >= 0.6 is 23.2 Å². The van der Waals surface area contributed by atoms with Crippen LogP contribution in [-0.4, -0.2) is 23.3 Å². The summed E-state index contributed by atoms with van der Waals surface area (Å²) in [6.45, 7) is 1.13. The maximum absolute atomic E-state index is 12.1. The van der Waals surface area contributed by atoms with E-state index in [1.807, 2.05) is 24.3 Å². The van der Waals surface area contributed by atoms with Crippen molar-refractivity contribution in [3.05, 3.63) is 57.8 Å². The highest BCUT2D eigenvalue weighted by Crippen LogP contribution is 2.22. The number of rotatable bonds is 4. The van der Waals surface area contributed by atoms with E-state index in [1.165, 1.54) is 12.3 Å². The van der Waals surface area contributed by atoms with Gasteiger partial charge in [0.15, 0.2) is 0 Å². The van der Waals surface area contributed by atoms with Crippen LogP contribution in [0.15, 0.2) is 36.5 Å². The maximum atomic E-state index is 12.1. The number of amides is 2. The van der Waals surface area contributed by atoms with E-state index in [-0.39, 0.29) is 22.0 Å². The smallest absolute Gasteiger partial charge is 0.253 e. The molecular weight excluding hydrogens is 349 g/mol. The van der Waals surface area contributed by atoms with Crippen LogP contribution in [0.1, 0.15) is 28.8 Å². The number of benzene rings is 1. The van der Waals surface area contributed by atoms with E-state index >= 15 is 0 Å². The van der Waals surface area contributed by atoms with Gasteiger partial charge in [-0.1, -0.05) is 35.3 Å². The van der Waals surface area contributed by atoms with Gasteiger partial charge in [0.25, 0.3) is 5.91 Å². The Morgan fingerprint density at radius 3 is 2.62 bits per heavy atom. The summed E-state index contributed by atoms with van der Waals surface area (Å²) in [5.74, 6) is -0.122. The van der Waals surface area contributed by atoms with Gasteiger partial charge >= 0.3 is 0 Å². The van der Waals surface area contributed by atoms with Gasteiger partial charge in [0.1, 0.15) is 5.15 Å². The largest absolute Gasteiger partial charge is 0.348 e. The Balaban J connectivity index is 1.61. The van der Waals surface area contributed by atoms with Crippen molar-refractivity contribution in [1.29, 1.82) is 0 Å². The summed E-state index contributed by atoms with van der Waals surface area (Å²) in [7, 11) is 0. The molecule has 0 aliphatic carbocycles. The summed E-state index contributed by atoms with van der Waals surface area (Å²) in [6.07, 6.45) is 2.88. The average molecular weight is 364 g/mol. The standard InChI is InChI=1S/C17H15Cl2N3O2/c18-14-8-12(10-20-16(14)19)17(24)21-9-11-3-5-13(6-4-11)22-7-1-2-15(22)23/h3-6,8,10H,1-2,7,9H2,(H,21,24). The highest BCUT2D eigenvalue weighted by atomic mass is 35.5. The lowest BCUT2D eigenvalue weighted by Crippen LogP contribution is -2.24. The van der Waals surface area contributed by atoms with E-state index in [4.69, 9.17) is 23.2 Å². The minimum Gasteiger partial charge on any atom is -0.348 e. The molecule has 3 rings (SSSR count). The topological polar surface area (TPSA) is 62.3 Å². The molecule has 5 nitrogen and oxygen atoms in total. The van der Waals surface area contributed by atoms with Crippen LogP contribution < -0.4 is 10.2 Å². The number of hydrogen-bond donors (Lipinski definition) is 1. The predicted octanol–water partition coefficient (Wildman–Crippen LogP) is 3.45. The van der Waals surface area contributed by atoms with E-state index < -0.39 is 0 Å². The summed E-state index contributed by atoms with van der Waals surface area (Å²) >= 11 is 11.6. The molecule has 0 atom stereocenters. The summed E-state index contributed by atoms with van der Waals surface area (Å²) < 4.78 is 0. The Morgan fingerprint density at radius 2 is 2.00 bits per heavy atom. The summed E-state index contributed by atoms with van der Waals surface area (Å²) in [5.41, 5.74) is 2.18. The third-order valence-electron chi connectivity index (χ3n) is 3.83. The van der Waals surface area contributed by atoms with Crippen molar-refractivity contribution in [3.63, 3.8) is 0 Å². The van der Waals surface area contributed by atoms with Crippen LogP contribution in [0.5, 0.6) is 0 Å². The van der Waals surface area contributed by atoms with E-state index in [2.05, 4.69) is 10.3 Å². The molecule has 1 N–H and O–H groups in total. The minimum absolute atomic E-state index is 0.156. The SMILES string of the molecule is O=C(NCc1ccc(N2CCCC2=O)cc1)c1cnc(Cl)c(Cl)c1. The molecule has 0 radical (unpaired) electrons. The van der Waals surface area contributed by atoms with Crippen LogP contribution in [0.4, 0.5) is 5.69 Å². The van der Waals surface area contributed by atoms with Gasteiger partial charge < -0.3 is 10.2 Å². The molecule has 1 aliphatic heterocycles. The number of carbonyl (C=O) groups excluding carboxylic acids is 2. The van der Waals surface area contributed by atoms with Crippen LogP contribution in [-0.2, 0) is 11.3 Å². The quantitative estimate of drug-likeness (QED) is 0.846. The van der Waals surface area contributed by atoms with Crippen LogP contribution in [0.3, 0.4) is 0 Å². The number of nitrogens with zero attached hydrogens (tertiary/aromatic N) is 2. The van der Waals surface area contributed by atoms with Crippen molar-refractivity contribution in [2.45, 2.75) is 19.4 Å². The number of carbonyl (C=O) groups is 2. The van der Waals surface area contributed by atoms with Crippen molar-refractivity contribution < 1.29 is 9.59 Å². The third kappa shape index (κ3) is 3.68. The van der Waals surface area contributed by atoms with E-state index in [9.17, 15) is 9.59 Å². The first-order chi connectivity index (χ1) is 11.5. The van der Waals surface area contributed by atoms with E-state index in [0.717, 1.165) is 24.2 Å². The molecule has 0 bridgehead atoms.